The van der Waals surface area contributed by atoms with Crippen molar-refractivity contribution >= 4 is 11.6 Å². The summed E-state index contributed by atoms with van der Waals surface area (Å²) < 4.78 is 5.15. The number of nitrogens with one attached hydrogen (secondary N) is 1. The molecule has 188 valence electrons. The quantitative estimate of drug-likeness (QED) is 0.360. The lowest BCUT2D eigenvalue weighted by Crippen LogP contribution is -2.45. The van der Waals surface area contributed by atoms with Crippen LogP contribution in [0.2, 0.25) is 0 Å². The largest absolute Gasteiger partial charge is 0.497 e. The third kappa shape index (κ3) is 6.61. The van der Waals surface area contributed by atoms with Gasteiger partial charge in [-0.25, -0.2) is 0 Å². The van der Waals surface area contributed by atoms with E-state index in [9.17, 15) is 4.79 Å². The topological polar surface area (TPSA) is 57.7 Å². The number of hydrogen-bond acceptors (Lipinski definition) is 5. The molecule has 5 rings (SSSR count). The van der Waals surface area contributed by atoms with Gasteiger partial charge < -0.3 is 10.1 Å². The highest BCUT2D eigenvalue weighted by molar-refractivity contribution is 6.04. The molecule has 1 saturated heterocycles. The van der Waals surface area contributed by atoms with Crippen LogP contribution in [0.1, 0.15) is 21.5 Å². The van der Waals surface area contributed by atoms with Crippen LogP contribution in [-0.4, -0.2) is 54.0 Å². The molecule has 1 aliphatic rings. The number of aromatic nitrogens is 1. The van der Waals surface area contributed by atoms with Crippen LogP contribution in [0.5, 0.6) is 5.75 Å². The Kier molecular flexibility index (Phi) is 7.89. The number of pyridine rings is 1. The molecule has 0 aliphatic carbocycles. The Morgan fingerprint density at radius 3 is 1.78 bits per heavy atom. The predicted molar refractivity (Wildman–Crippen MR) is 148 cm³/mol. The van der Waals surface area contributed by atoms with Crippen molar-refractivity contribution in [2.24, 2.45) is 0 Å². The Balaban J connectivity index is 1.11. The fourth-order valence-electron chi connectivity index (χ4n) is 4.60. The van der Waals surface area contributed by atoms with E-state index in [4.69, 9.17) is 4.74 Å². The number of hydrogen-bond donors (Lipinski definition) is 1. The van der Waals surface area contributed by atoms with Gasteiger partial charge in [-0.2, -0.15) is 0 Å². The molecule has 1 amide bonds. The SMILES string of the molecule is COc1ccc(C(=O)Nc2ccc(-c3ccc(CN4CCN(Cc5ccncc5)CC4)cc3)cc2)cc1. The number of piperazine rings is 1. The van der Waals surface area contributed by atoms with Gasteiger partial charge >= 0.3 is 0 Å². The highest BCUT2D eigenvalue weighted by Crippen LogP contribution is 2.23. The van der Waals surface area contributed by atoms with E-state index in [1.807, 2.05) is 36.7 Å². The Bertz CT molecular complexity index is 1280. The second-order valence-corrected chi connectivity index (χ2v) is 9.36. The van der Waals surface area contributed by atoms with Crippen molar-refractivity contribution in [2.75, 3.05) is 38.6 Å². The average Bonchev–Trinajstić information content (AvgIpc) is 2.95. The monoisotopic (exact) mass is 492 g/mol. The number of benzene rings is 3. The number of carbonyl (C=O) groups is 1. The summed E-state index contributed by atoms with van der Waals surface area (Å²) >= 11 is 0. The van der Waals surface area contributed by atoms with E-state index in [1.165, 1.54) is 16.7 Å². The summed E-state index contributed by atoms with van der Waals surface area (Å²) in [5, 5.41) is 2.95. The maximum atomic E-state index is 12.5. The molecular weight excluding hydrogens is 460 g/mol. The number of methoxy groups -OCH3 is 1. The Morgan fingerprint density at radius 1 is 0.730 bits per heavy atom. The van der Waals surface area contributed by atoms with E-state index in [0.717, 1.165) is 56.3 Å². The zero-order valence-electron chi connectivity index (χ0n) is 21.1. The Labute approximate surface area is 218 Å². The highest BCUT2D eigenvalue weighted by Gasteiger charge is 2.17. The molecule has 0 radical (unpaired) electrons. The molecule has 4 aromatic rings. The van der Waals surface area contributed by atoms with Gasteiger partial charge in [0.2, 0.25) is 0 Å². The van der Waals surface area contributed by atoms with Crippen LogP contribution < -0.4 is 10.1 Å². The van der Waals surface area contributed by atoms with Crippen LogP contribution in [0, 0.1) is 0 Å². The predicted octanol–water partition coefficient (Wildman–Crippen LogP) is 5.33. The minimum Gasteiger partial charge on any atom is -0.497 e. The van der Waals surface area contributed by atoms with Crippen LogP contribution in [0.25, 0.3) is 11.1 Å². The number of anilines is 1. The van der Waals surface area contributed by atoms with Gasteiger partial charge in [0.15, 0.2) is 0 Å². The second-order valence-electron chi connectivity index (χ2n) is 9.36. The first-order chi connectivity index (χ1) is 18.2. The standard InChI is InChI=1S/C31H32N4O2/c1-37-30-12-8-28(9-13-30)31(36)33-29-10-6-27(7-11-29)26-4-2-24(3-5-26)22-34-18-20-35(21-19-34)23-25-14-16-32-17-15-25/h2-17H,18-23H2,1H3,(H,33,36). The van der Waals surface area contributed by atoms with Crippen LogP contribution in [0.3, 0.4) is 0 Å². The fourth-order valence-corrected chi connectivity index (χ4v) is 4.60. The molecule has 0 atom stereocenters. The van der Waals surface area contributed by atoms with Gasteiger partial charge in [0.1, 0.15) is 5.75 Å². The van der Waals surface area contributed by atoms with Crippen molar-refractivity contribution in [1.29, 1.82) is 0 Å². The zero-order valence-corrected chi connectivity index (χ0v) is 21.1. The van der Waals surface area contributed by atoms with Crippen molar-refractivity contribution in [3.05, 3.63) is 114 Å². The second kappa shape index (κ2) is 11.8. The van der Waals surface area contributed by atoms with Gasteiger partial charge in [-0.3, -0.25) is 19.6 Å². The molecule has 1 N–H and O–H groups in total. The van der Waals surface area contributed by atoms with Crippen molar-refractivity contribution in [3.63, 3.8) is 0 Å². The Hall–Kier alpha value is -4.00. The van der Waals surface area contributed by atoms with Crippen LogP contribution in [-0.2, 0) is 13.1 Å². The van der Waals surface area contributed by atoms with E-state index in [-0.39, 0.29) is 5.91 Å². The molecule has 3 aromatic carbocycles. The van der Waals surface area contributed by atoms with Crippen molar-refractivity contribution in [2.45, 2.75) is 13.1 Å². The molecule has 0 spiro atoms. The fraction of sp³-hybridized carbons (Fsp3) is 0.226. The summed E-state index contributed by atoms with van der Waals surface area (Å²) in [4.78, 5) is 21.7. The summed E-state index contributed by atoms with van der Waals surface area (Å²) in [7, 11) is 1.61. The molecular formula is C31H32N4O2. The van der Waals surface area contributed by atoms with E-state index in [0.29, 0.717) is 5.56 Å². The Morgan fingerprint density at radius 2 is 1.24 bits per heavy atom. The first-order valence-corrected chi connectivity index (χ1v) is 12.6. The van der Waals surface area contributed by atoms with Gasteiger partial charge in [0.05, 0.1) is 7.11 Å². The van der Waals surface area contributed by atoms with Gasteiger partial charge in [-0.15, -0.1) is 0 Å². The molecule has 1 fully saturated rings. The lowest BCUT2D eigenvalue weighted by Gasteiger charge is -2.34. The molecule has 6 heteroatoms. The summed E-state index contributed by atoms with van der Waals surface area (Å²) in [5.41, 5.74) is 6.30. The lowest BCUT2D eigenvalue weighted by atomic mass is 10.0. The minimum atomic E-state index is -0.141. The van der Waals surface area contributed by atoms with Crippen molar-refractivity contribution < 1.29 is 9.53 Å². The number of amides is 1. The van der Waals surface area contributed by atoms with Gasteiger partial charge in [-0.1, -0.05) is 36.4 Å². The smallest absolute Gasteiger partial charge is 0.255 e. The number of rotatable bonds is 8. The van der Waals surface area contributed by atoms with E-state index >= 15 is 0 Å². The lowest BCUT2D eigenvalue weighted by molar-refractivity contribution is 0.102. The maximum absolute atomic E-state index is 12.5. The van der Waals surface area contributed by atoms with Crippen molar-refractivity contribution in [1.82, 2.24) is 14.8 Å². The molecule has 0 bridgehead atoms. The van der Waals surface area contributed by atoms with Crippen LogP contribution >= 0.6 is 0 Å². The zero-order chi connectivity index (χ0) is 25.5. The first kappa shape index (κ1) is 24.7. The first-order valence-electron chi connectivity index (χ1n) is 12.6. The number of ether oxygens (including phenoxy) is 1. The summed E-state index contributed by atoms with van der Waals surface area (Å²) in [6, 6.07) is 28.0. The molecule has 0 unspecified atom stereocenters. The molecule has 1 aromatic heterocycles. The third-order valence-corrected chi connectivity index (χ3v) is 6.81. The highest BCUT2D eigenvalue weighted by atomic mass is 16.5. The van der Waals surface area contributed by atoms with Gasteiger partial charge in [0, 0.05) is 62.9 Å². The molecule has 2 heterocycles. The van der Waals surface area contributed by atoms with Gasteiger partial charge in [-0.05, 0) is 70.8 Å². The summed E-state index contributed by atoms with van der Waals surface area (Å²) in [6.07, 6.45) is 3.73. The molecule has 1 aliphatic heterocycles. The van der Waals surface area contributed by atoms with Gasteiger partial charge in [0.25, 0.3) is 5.91 Å². The molecule has 37 heavy (non-hydrogen) atoms. The van der Waals surface area contributed by atoms with Crippen LogP contribution in [0.4, 0.5) is 5.69 Å². The van der Waals surface area contributed by atoms with Crippen LogP contribution in [0.15, 0.2) is 97.3 Å². The number of carbonyl (C=O) groups excluding carboxylic acids is 1. The van der Waals surface area contributed by atoms with E-state index in [1.54, 1.807) is 31.4 Å². The maximum Gasteiger partial charge on any atom is 0.255 e. The average molecular weight is 493 g/mol. The summed E-state index contributed by atoms with van der Waals surface area (Å²) in [5.74, 6) is 0.587. The van der Waals surface area contributed by atoms with E-state index in [2.05, 4.69) is 56.5 Å². The third-order valence-electron chi connectivity index (χ3n) is 6.81. The normalized spacial score (nSPS) is 14.3. The number of nitrogens with zero attached hydrogens (tertiary/aromatic N) is 3. The van der Waals surface area contributed by atoms with Crippen molar-refractivity contribution in [3.8, 4) is 16.9 Å². The molecule has 6 nitrogen and oxygen atoms in total. The van der Waals surface area contributed by atoms with E-state index < -0.39 is 0 Å². The molecule has 0 saturated carbocycles. The minimum absolute atomic E-state index is 0.141. The summed E-state index contributed by atoms with van der Waals surface area (Å²) in [6.45, 7) is 6.30.